The second-order valence-electron chi connectivity index (χ2n) is 8.88. The van der Waals surface area contributed by atoms with Gasteiger partial charge in [-0.25, -0.2) is 9.78 Å². The van der Waals surface area contributed by atoms with Crippen LogP contribution in [0.3, 0.4) is 0 Å². The fraction of sp³-hybridized carbons (Fsp3) is 0.524. The molecule has 6 heteroatoms. The van der Waals surface area contributed by atoms with Gasteiger partial charge in [-0.1, -0.05) is 24.3 Å². The molecule has 2 aromatic rings. The predicted molar refractivity (Wildman–Crippen MR) is 98.3 cm³/mol. The van der Waals surface area contributed by atoms with Gasteiger partial charge in [0.25, 0.3) is 0 Å². The van der Waals surface area contributed by atoms with Crippen molar-refractivity contribution in [3.05, 3.63) is 42.4 Å². The van der Waals surface area contributed by atoms with Crippen LogP contribution in [0.1, 0.15) is 43.7 Å². The molecule has 2 N–H and O–H groups in total. The first-order valence-corrected chi connectivity index (χ1v) is 9.89. The number of piperidine rings is 1. The van der Waals surface area contributed by atoms with E-state index in [1.54, 1.807) is 4.90 Å². The monoisotopic (exact) mass is 365 g/mol. The Morgan fingerprint density at radius 1 is 1.15 bits per heavy atom. The van der Waals surface area contributed by atoms with Crippen molar-refractivity contribution >= 4 is 6.09 Å². The van der Waals surface area contributed by atoms with Gasteiger partial charge in [0, 0.05) is 29.0 Å². The molecule has 0 unspecified atom stereocenters. The quantitative estimate of drug-likeness (QED) is 0.814. The number of aliphatic hydroxyl groups is 1. The highest BCUT2D eigenvalue weighted by Crippen LogP contribution is 2.62. The van der Waals surface area contributed by atoms with Crippen molar-refractivity contribution in [3.63, 3.8) is 0 Å². The maximum atomic E-state index is 11.6. The van der Waals surface area contributed by atoms with Gasteiger partial charge in [0.05, 0.1) is 30.4 Å². The third-order valence-electron chi connectivity index (χ3n) is 7.73. The number of aliphatic hydroxyl groups excluding tert-OH is 1. The summed E-state index contributed by atoms with van der Waals surface area (Å²) in [6, 6.07) is 8.72. The molecule has 140 valence electrons. The number of hydrogen-bond acceptors (Lipinski definition) is 3. The summed E-state index contributed by atoms with van der Waals surface area (Å²) in [6.07, 6.45) is 7.06. The average Bonchev–Trinajstić information content (AvgIpc) is 3.32. The minimum atomic E-state index is -0.796. The molecule has 4 heterocycles. The standard InChI is InChI=1S/C21H23N3O3/c25-19-16(9-21(19)7-12-5-6-13(8-21)24(12)20(26)27)18-15-4-2-1-3-14(15)17-10-22-11-23(17)18/h1-4,10-13,16,18-19,25H,5-9H2,(H,26,27)/t12-,13+,16-,18-,19+,21+/m0/s1. The molecule has 2 bridgehead atoms. The lowest BCUT2D eigenvalue weighted by Crippen LogP contribution is -2.62. The van der Waals surface area contributed by atoms with E-state index in [9.17, 15) is 15.0 Å². The Balaban J connectivity index is 1.31. The normalized spacial score (nSPS) is 38.6. The van der Waals surface area contributed by atoms with Crippen LogP contribution in [0.15, 0.2) is 36.8 Å². The Bertz CT molecular complexity index is 924. The lowest BCUT2D eigenvalue weighted by molar-refractivity contribution is -0.166. The van der Waals surface area contributed by atoms with Crippen LogP contribution in [0, 0.1) is 11.3 Å². The number of benzene rings is 1. The Kier molecular flexibility index (Phi) is 2.98. The van der Waals surface area contributed by atoms with Gasteiger partial charge in [0.15, 0.2) is 0 Å². The lowest BCUT2D eigenvalue weighted by atomic mass is 9.51. The van der Waals surface area contributed by atoms with Crippen LogP contribution in [0.25, 0.3) is 11.3 Å². The van der Waals surface area contributed by atoms with Crippen LogP contribution >= 0.6 is 0 Å². The van der Waals surface area contributed by atoms with Gasteiger partial charge >= 0.3 is 6.09 Å². The van der Waals surface area contributed by atoms with Crippen LogP contribution < -0.4 is 0 Å². The molecular formula is C21H23N3O3. The van der Waals surface area contributed by atoms with Gasteiger partial charge in [-0.15, -0.1) is 0 Å². The highest BCUT2D eigenvalue weighted by Gasteiger charge is 2.62. The summed E-state index contributed by atoms with van der Waals surface area (Å²) >= 11 is 0. The zero-order valence-corrected chi connectivity index (χ0v) is 15.0. The highest BCUT2D eigenvalue weighted by molar-refractivity contribution is 5.69. The zero-order chi connectivity index (χ0) is 18.3. The molecule has 2 saturated heterocycles. The Labute approximate surface area is 157 Å². The smallest absolute Gasteiger partial charge is 0.407 e. The topological polar surface area (TPSA) is 78.6 Å². The van der Waals surface area contributed by atoms with E-state index < -0.39 is 6.09 Å². The molecule has 1 amide bonds. The van der Waals surface area contributed by atoms with E-state index in [0.717, 1.165) is 37.8 Å². The van der Waals surface area contributed by atoms with Crippen molar-refractivity contribution in [2.75, 3.05) is 0 Å². The van der Waals surface area contributed by atoms with Crippen molar-refractivity contribution in [2.24, 2.45) is 11.3 Å². The largest absolute Gasteiger partial charge is 0.465 e. The molecule has 1 saturated carbocycles. The van der Waals surface area contributed by atoms with Crippen molar-refractivity contribution in [1.29, 1.82) is 0 Å². The van der Waals surface area contributed by atoms with Gasteiger partial charge in [0.2, 0.25) is 0 Å². The molecule has 3 aliphatic heterocycles. The van der Waals surface area contributed by atoms with Crippen molar-refractivity contribution in [2.45, 2.75) is 56.3 Å². The summed E-state index contributed by atoms with van der Waals surface area (Å²) in [6.45, 7) is 0. The van der Waals surface area contributed by atoms with Crippen molar-refractivity contribution < 1.29 is 15.0 Å². The first-order valence-electron chi connectivity index (χ1n) is 9.89. The molecular weight excluding hydrogens is 342 g/mol. The molecule has 1 aromatic heterocycles. The van der Waals surface area contributed by atoms with Crippen LogP contribution in [0.4, 0.5) is 4.79 Å². The second-order valence-corrected chi connectivity index (χ2v) is 8.88. The first-order chi connectivity index (χ1) is 13.1. The third-order valence-corrected chi connectivity index (χ3v) is 7.73. The highest BCUT2D eigenvalue weighted by atomic mass is 16.4. The molecule has 1 aromatic carbocycles. The number of carboxylic acid groups (broad SMARTS) is 1. The number of aromatic nitrogens is 2. The van der Waals surface area contributed by atoms with E-state index in [0.29, 0.717) is 0 Å². The Morgan fingerprint density at radius 3 is 2.59 bits per heavy atom. The summed E-state index contributed by atoms with van der Waals surface area (Å²) in [5, 5.41) is 20.8. The van der Waals surface area contributed by atoms with Gasteiger partial charge in [-0.05, 0) is 37.7 Å². The summed E-state index contributed by atoms with van der Waals surface area (Å²) in [4.78, 5) is 17.6. The Hall–Kier alpha value is -2.34. The summed E-state index contributed by atoms with van der Waals surface area (Å²) in [5.41, 5.74) is 3.51. The van der Waals surface area contributed by atoms with E-state index in [4.69, 9.17) is 0 Å². The van der Waals surface area contributed by atoms with Gasteiger partial charge < -0.3 is 19.7 Å². The molecule has 27 heavy (non-hydrogen) atoms. The number of rotatable bonds is 1. The van der Waals surface area contributed by atoms with E-state index >= 15 is 0 Å². The van der Waals surface area contributed by atoms with Crippen molar-refractivity contribution in [1.82, 2.24) is 14.5 Å². The van der Waals surface area contributed by atoms with Gasteiger partial charge in [-0.2, -0.15) is 0 Å². The third kappa shape index (κ3) is 1.89. The van der Waals surface area contributed by atoms with E-state index in [1.165, 1.54) is 11.1 Å². The number of fused-ring (bicyclic) bond motifs is 5. The minimum absolute atomic E-state index is 0.0801. The molecule has 6 nitrogen and oxygen atoms in total. The van der Waals surface area contributed by atoms with Crippen LogP contribution in [0.2, 0.25) is 0 Å². The molecule has 3 fully saturated rings. The number of imidazole rings is 1. The lowest BCUT2D eigenvalue weighted by Gasteiger charge is -2.59. The second kappa shape index (κ2) is 5.13. The van der Waals surface area contributed by atoms with E-state index in [-0.39, 0.29) is 35.6 Å². The summed E-state index contributed by atoms with van der Waals surface area (Å²) in [5.74, 6) is 0.164. The van der Waals surface area contributed by atoms with Crippen molar-refractivity contribution in [3.8, 4) is 11.3 Å². The summed E-state index contributed by atoms with van der Waals surface area (Å²) in [7, 11) is 0. The number of nitrogens with zero attached hydrogens (tertiary/aromatic N) is 3. The predicted octanol–water partition coefficient (Wildman–Crippen LogP) is 3.12. The fourth-order valence-electron chi connectivity index (χ4n) is 6.69. The molecule has 4 aliphatic rings. The molecule has 1 aliphatic carbocycles. The maximum Gasteiger partial charge on any atom is 0.407 e. The van der Waals surface area contributed by atoms with E-state index in [1.807, 2.05) is 12.5 Å². The fourth-order valence-corrected chi connectivity index (χ4v) is 6.69. The Morgan fingerprint density at radius 2 is 1.89 bits per heavy atom. The molecule has 0 radical (unpaired) electrons. The zero-order valence-electron chi connectivity index (χ0n) is 15.0. The average molecular weight is 365 g/mol. The van der Waals surface area contributed by atoms with Gasteiger partial charge in [-0.3, -0.25) is 0 Å². The maximum absolute atomic E-state index is 11.6. The molecule has 1 spiro atoms. The van der Waals surface area contributed by atoms with Crippen LogP contribution in [-0.4, -0.2) is 48.9 Å². The minimum Gasteiger partial charge on any atom is -0.465 e. The molecule has 6 rings (SSSR count). The first kappa shape index (κ1) is 15.7. The van der Waals surface area contributed by atoms with Crippen LogP contribution in [-0.2, 0) is 0 Å². The van der Waals surface area contributed by atoms with Gasteiger partial charge in [0.1, 0.15) is 0 Å². The summed E-state index contributed by atoms with van der Waals surface area (Å²) < 4.78 is 2.21. The molecule has 6 atom stereocenters. The SMILES string of the molecule is O=C(O)N1[C@@H]2CC[C@H]1C[C@]1(C[C@@H]([C@@H]3c4ccccc4-c4cncn43)[C@H]1O)C2. The van der Waals surface area contributed by atoms with Crippen LogP contribution in [0.5, 0.6) is 0 Å². The number of amides is 1. The number of carbonyl (C=O) groups is 1. The number of hydrogen-bond donors (Lipinski definition) is 2. The van der Waals surface area contributed by atoms with E-state index in [2.05, 4.69) is 33.8 Å².